The molecule has 0 spiro atoms. The van der Waals surface area contributed by atoms with Crippen molar-refractivity contribution in [2.75, 3.05) is 18.5 Å². The maximum atomic E-state index is 9.35. The molecule has 130 valence electrons. The molecule has 0 heterocycles. The van der Waals surface area contributed by atoms with Crippen LogP contribution in [0.1, 0.15) is 49.7 Å². The summed E-state index contributed by atoms with van der Waals surface area (Å²) in [6.07, 6.45) is 6.89. The Kier molecular flexibility index (Phi) is 8.33. The Morgan fingerprint density at radius 2 is 1.91 bits per heavy atom. The minimum Gasteiger partial charge on any atom is -0.396 e. The van der Waals surface area contributed by atoms with Gasteiger partial charge in [-0.2, -0.15) is 0 Å². The highest BCUT2D eigenvalue weighted by Gasteiger charge is 2.31. The third-order valence-corrected chi connectivity index (χ3v) is 4.92. The monoisotopic (exact) mass is 431 g/mol. The summed E-state index contributed by atoms with van der Waals surface area (Å²) in [5, 5.41) is 12.5. The summed E-state index contributed by atoms with van der Waals surface area (Å²) in [7, 11) is 0. The molecule has 5 heteroatoms. The number of aliphatic hydroxyl groups excluding tert-OH is 1. The molecule has 1 saturated carbocycles. The van der Waals surface area contributed by atoms with Crippen LogP contribution in [0.5, 0.6) is 0 Å². The summed E-state index contributed by atoms with van der Waals surface area (Å²) >= 11 is 0. The highest BCUT2D eigenvalue weighted by atomic mass is 127. The van der Waals surface area contributed by atoms with E-state index in [1.165, 1.54) is 30.4 Å². The lowest BCUT2D eigenvalue weighted by Gasteiger charge is -2.35. The van der Waals surface area contributed by atoms with Crippen molar-refractivity contribution in [2.24, 2.45) is 16.1 Å². The minimum absolute atomic E-state index is 0. The molecule has 0 aliphatic heterocycles. The minimum atomic E-state index is 0. The molecule has 1 aromatic rings. The fourth-order valence-electron chi connectivity index (χ4n) is 3.29. The Morgan fingerprint density at radius 1 is 1.22 bits per heavy atom. The molecule has 1 aliphatic carbocycles. The second-order valence-corrected chi connectivity index (χ2v) is 6.66. The third-order valence-electron chi connectivity index (χ3n) is 4.92. The van der Waals surface area contributed by atoms with E-state index in [0.717, 1.165) is 24.9 Å². The number of benzene rings is 1. The fourth-order valence-corrected chi connectivity index (χ4v) is 3.29. The van der Waals surface area contributed by atoms with Crippen LogP contribution in [0.3, 0.4) is 0 Å². The number of aliphatic imine (C=N–C) groups is 1. The second kappa shape index (κ2) is 9.47. The molecule has 0 amide bonds. The molecule has 1 aromatic carbocycles. The number of halogens is 1. The summed E-state index contributed by atoms with van der Waals surface area (Å²) in [6, 6.07) is 6.19. The SMILES string of the molecule is Cc1ccc(NC(N)=NCC2(CCO)CCCCC2)cc1C.I. The Labute approximate surface area is 157 Å². The van der Waals surface area contributed by atoms with Crippen molar-refractivity contribution in [2.45, 2.75) is 52.4 Å². The lowest BCUT2D eigenvalue weighted by Crippen LogP contribution is -2.31. The second-order valence-electron chi connectivity index (χ2n) is 6.66. The van der Waals surface area contributed by atoms with Gasteiger partial charge >= 0.3 is 0 Å². The smallest absolute Gasteiger partial charge is 0.193 e. The van der Waals surface area contributed by atoms with Crippen LogP contribution in [-0.4, -0.2) is 24.2 Å². The predicted octanol–water partition coefficient (Wildman–Crippen LogP) is 3.98. The average Bonchev–Trinajstić information content (AvgIpc) is 2.50. The van der Waals surface area contributed by atoms with E-state index in [1.807, 2.05) is 6.07 Å². The first-order valence-electron chi connectivity index (χ1n) is 8.30. The van der Waals surface area contributed by atoms with Gasteiger partial charge in [0.1, 0.15) is 0 Å². The summed E-state index contributed by atoms with van der Waals surface area (Å²) < 4.78 is 0. The van der Waals surface area contributed by atoms with E-state index in [0.29, 0.717) is 12.5 Å². The molecule has 0 bridgehead atoms. The zero-order valence-electron chi connectivity index (χ0n) is 14.3. The highest BCUT2D eigenvalue weighted by molar-refractivity contribution is 14.0. The Morgan fingerprint density at radius 3 is 2.52 bits per heavy atom. The summed E-state index contributed by atoms with van der Waals surface area (Å²) in [6.45, 7) is 5.13. The standard InChI is InChI=1S/C18H29N3O.HI/c1-14-6-7-16(12-15(14)2)21-17(19)20-13-18(10-11-22)8-4-3-5-9-18;/h6-7,12,22H,3-5,8-11,13H2,1-2H3,(H3,19,20,21);1H. The first-order chi connectivity index (χ1) is 10.5. The van der Waals surface area contributed by atoms with E-state index < -0.39 is 0 Å². The largest absolute Gasteiger partial charge is 0.396 e. The molecule has 4 N–H and O–H groups in total. The molecule has 0 radical (unpaired) electrons. The van der Waals surface area contributed by atoms with Gasteiger partial charge in [-0.3, -0.25) is 4.99 Å². The molecular weight excluding hydrogens is 401 g/mol. The van der Waals surface area contributed by atoms with E-state index in [4.69, 9.17) is 5.73 Å². The van der Waals surface area contributed by atoms with Gasteiger partial charge in [0.15, 0.2) is 5.96 Å². The van der Waals surface area contributed by atoms with Crippen LogP contribution in [0.15, 0.2) is 23.2 Å². The van der Waals surface area contributed by atoms with Crippen molar-refractivity contribution in [3.63, 3.8) is 0 Å². The van der Waals surface area contributed by atoms with Crippen molar-refractivity contribution < 1.29 is 5.11 Å². The van der Waals surface area contributed by atoms with Gasteiger partial charge in [-0.15, -0.1) is 24.0 Å². The van der Waals surface area contributed by atoms with Gasteiger partial charge in [0, 0.05) is 18.8 Å². The summed E-state index contributed by atoms with van der Waals surface area (Å²) in [5.74, 6) is 0.464. The third kappa shape index (κ3) is 5.95. The molecule has 0 saturated heterocycles. The van der Waals surface area contributed by atoms with Gasteiger partial charge in [0.25, 0.3) is 0 Å². The van der Waals surface area contributed by atoms with Crippen molar-refractivity contribution in [1.29, 1.82) is 0 Å². The number of guanidine groups is 1. The number of nitrogens with zero attached hydrogens (tertiary/aromatic N) is 1. The van der Waals surface area contributed by atoms with Gasteiger partial charge in [-0.25, -0.2) is 0 Å². The molecule has 0 aromatic heterocycles. The topological polar surface area (TPSA) is 70.6 Å². The van der Waals surface area contributed by atoms with Crippen molar-refractivity contribution in [3.8, 4) is 0 Å². The van der Waals surface area contributed by atoms with E-state index in [-0.39, 0.29) is 36.0 Å². The first kappa shape index (κ1) is 20.2. The van der Waals surface area contributed by atoms with Crippen LogP contribution in [0.2, 0.25) is 0 Å². The van der Waals surface area contributed by atoms with Crippen LogP contribution in [0.25, 0.3) is 0 Å². The maximum Gasteiger partial charge on any atom is 0.193 e. The molecule has 2 rings (SSSR count). The van der Waals surface area contributed by atoms with Crippen LogP contribution >= 0.6 is 24.0 Å². The van der Waals surface area contributed by atoms with Crippen LogP contribution in [-0.2, 0) is 0 Å². The Balaban J connectivity index is 0.00000264. The van der Waals surface area contributed by atoms with Gasteiger partial charge in [-0.05, 0) is 61.8 Å². The van der Waals surface area contributed by atoms with Crippen LogP contribution < -0.4 is 11.1 Å². The summed E-state index contributed by atoms with van der Waals surface area (Å²) in [4.78, 5) is 4.56. The zero-order chi connectivity index (χ0) is 16.0. The normalized spacial score (nSPS) is 17.4. The van der Waals surface area contributed by atoms with Crippen LogP contribution in [0, 0.1) is 19.3 Å². The van der Waals surface area contributed by atoms with Gasteiger partial charge in [0.05, 0.1) is 0 Å². The molecule has 1 aliphatic rings. The Hall–Kier alpha value is -0.820. The lowest BCUT2D eigenvalue weighted by molar-refractivity contribution is 0.137. The van der Waals surface area contributed by atoms with Crippen molar-refractivity contribution in [1.82, 2.24) is 0 Å². The molecular formula is C18H30IN3O. The lowest BCUT2D eigenvalue weighted by atomic mass is 9.72. The zero-order valence-corrected chi connectivity index (χ0v) is 16.6. The van der Waals surface area contributed by atoms with E-state index in [2.05, 4.69) is 36.3 Å². The van der Waals surface area contributed by atoms with Gasteiger partial charge < -0.3 is 16.2 Å². The van der Waals surface area contributed by atoms with Crippen molar-refractivity contribution in [3.05, 3.63) is 29.3 Å². The van der Waals surface area contributed by atoms with Gasteiger partial charge in [0.2, 0.25) is 0 Å². The molecule has 0 atom stereocenters. The van der Waals surface area contributed by atoms with E-state index in [9.17, 15) is 5.11 Å². The van der Waals surface area contributed by atoms with E-state index in [1.54, 1.807) is 0 Å². The average molecular weight is 431 g/mol. The molecule has 4 nitrogen and oxygen atoms in total. The van der Waals surface area contributed by atoms with Crippen molar-refractivity contribution >= 4 is 35.6 Å². The van der Waals surface area contributed by atoms with Crippen LogP contribution in [0.4, 0.5) is 5.69 Å². The molecule has 1 fully saturated rings. The number of nitrogens with two attached hydrogens (primary N) is 1. The fraction of sp³-hybridized carbons (Fsp3) is 0.611. The highest BCUT2D eigenvalue weighted by Crippen LogP contribution is 2.39. The quantitative estimate of drug-likeness (QED) is 0.375. The number of aryl methyl sites for hydroxylation is 2. The number of hydrogen-bond donors (Lipinski definition) is 3. The maximum absolute atomic E-state index is 9.35. The Bertz CT molecular complexity index is 519. The molecule has 23 heavy (non-hydrogen) atoms. The predicted molar refractivity (Wildman–Crippen MR) is 109 cm³/mol. The number of aliphatic hydroxyl groups is 1. The first-order valence-corrected chi connectivity index (χ1v) is 8.30. The molecule has 0 unspecified atom stereocenters. The number of rotatable bonds is 5. The van der Waals surface area contributed by atoms with Gasteiger partial charge in [-0.1, -0.05) is 25.3 Å². The summed E-state index contributed by atoms with van der Waals surface area (Å²) in [5.41, 5.74) is 9.67. The number of hydrogen-bond acceptors (Lipinski definition) is 2. The van der Waals surface area contributed by atoms with E-state index >= 15 is 0 Å². The number of anilines is 1. The number of nitrogens with one attached hydrogen (secondary N) is 1.